The molecule has 1 fully saturated rings. The van der Waals surface area contributed by atoms with Gasteiger partial charge < -0.3 is 20.3 Å². The molecule has 1 aliphatic heterocycles. The Balaban J connectivity index is 2.82. The van der Waals surface area contributed by atoms with Crippen molar-refractivity contribution in [2.24, 2.45) is 0 Å². The zero-order valence-electron chi connectivity index (χ0n) is 9.30. The molecule has 1 N–H and O–H groups in total. The highest BCUT2D eigenvalue weighted by Crippen LogP contribution is 2.13. The second kappa shape index (κ2) is 5.33. The van der Waals surface area contributed by atoms with Gasteiger partial charge >= 0.3 is 11.7 Å². The SMILES string of the molecule is COC(=O)C(=[N+]=[N-])C(=O)C(OC)C1CC(=O)N1. The third-order valence-corrected chi connectivity index (χ3v) is 2.34. The molecule has 0 spiro atoms. The van der Waals surface area contributed by atoms with Crippen molar-refractivity contribution in [2.75, 3.05) is 14.2 Å². The lowest BCUT2D eigenvalue weighted by Gasteiger charge is -2.31. The first-order valence-electron chi connectivity index (χ1n) is 4.71. The summed E-state index contributed by atoms with van der Waals surface area (Å²) in [7, 11) is 2.30. The molecule has 0 aromatic carbocycles. The Bertz CT molecular complexity index is 405. The molecule has 1 heterocycles. The van der Waals surface area contributed by atoms with Gasteiger partial charge in [0.25, 0.3) is 5.78 Å². The fourth-order valence-electron chi connectivity index (χ4n) is 1.44. The van der Waals surface area contributed by atoms with E-state index in [4.69, 9.17) is 10.3 Å². The third-order valence-electron chi connectivity index (χ3n) is 2.34. The van der Waals surface area contributed by atoms with E-state index in [0.29, 0.717) is 0 Å². The van der Waals surface area contributed by atoms with E-state index in [-0.39, 0.29) is 12.3 Å². The van der Waals surface area contributed by atoms with Crippen LogP contribution in [0.25, 0.3) is 5.53 Å². The van der Waals surface area contributed by atoms with E-state index in [2.05, 4.69) is 14.8 Å². The minimum atomic E-state index is -1.07. The van der Waals surface area contributed by atoms with Crippen LogP contribution in [-0.4, -0.2) is 54.5 Å². The Kier molecular flexibility index (Phi) is 4.08. The largest absolute Gasteiger partial charge is 0.460 e. The van der Waals surface area contributed by atoms with Crippen molar-refractivity contribution in [3.63, 3.8) is 0 Å². The lowest BCUT2D eigenvalue weighted by Crippen LogP contribution is -2.59. The van der Waals surface area contributed by atoms with E-state index < -0.39 is 29.6 Å². The van der Waals surface area contributed by atoms with Gasteiger partial charge in [-0.1, -0.05) is 0 Å². The van der Waals surface area contributed by atoms with Gasteiger partial charge in [0.2, 0.25) is 5.91 Å². The van der Waals surface area contributed by atoms with Crippen molar-refractivity contribution in [2.45, 2.75) is 18.6 Å². The van der Waals surface area contributed by atoms with Gasteiger partial charge in [0.15, 0.2) is 0 Å². The molecule has 17 heavy (non-hydrogen) atoms. The summed E-state index contributed by atoms with van der Waals surface area (Å²) in [6.45, 7) is 0. The average Bonchev–Trinajstić information content (AvgIpc) is 2.28. The van der Waals surface area contributed by atoms with Crippen LogP contribution >= 0.6 is 0 Å². The Hall–Kier alpha value is -2.05. The summed E-state index contributed by atoms with van der Waals surface area (Å²) in [5.74, 6) is -2.12. The van der Waals surface area contributed by atoms with E-state index in [9.17, 15) is 14.4 Å². The molecule has 0 aromatic rings. The highest BCUT2D eigenvalue weighted by atomic mass is 16.5. The predicted octanol–water partition coefficient (Wildman–Crippen LogP) is -1.70. The summed E-state index contributed by atoms with van der Waals surface area (Å²) in [4.78, 5) is 36.2. The Labute approximate surface area is 96.5 Å². The summed E-state index contributed by atoms with van der Waals surface area (Å²) in [6, 6.07) is -0.526. The number of methoxy groups -OCH3 is 2. The van der Waals surface area contributed by atoms with E-state index in [1.54, 1.807) is 0 Å². The Morgan fingerprint density at radius 3 is 2.47 bits per heavy atom. The Morgan fingerprint density at radius 1 is 1.53 bits per heavy atom. The average molecular weight is 241 g/mol. The maximum atomic E-state index is 11.8. The molecule has 0 radical (unpaired) electrons. The van der Waals surface area contributed by atoms with Gasteiger partial charge in [-0.3, -0.25) is 9.59 Å². The van der Waals surface area contributed by atoms with Gasteiger partial charge in [0.05, 0.1) is 13.2 Å². The number of ketones is 1. The summed E-state index contributed by atoms with van der Waals surface area (Å²) in [5.41, 5.74) is 7.83. The van der Waals surface area contributed by atoms with Crippen LogP contribution in [0.2, 0.25) is 0 Å². The molecule has 1 amide bonds. The van der Waals surface area contributed by atoms with Crippen molar-refractivity contribution < 1.29 is 28.6 Å². The first kappa shape index (κ1) is 13.0. The molecule has 2 atom stereocenters. The fourth-order valence-corrected chi connectivity index (χ4v) is 1.44. The summed E-state index contributed by atoms with van der Waals surface area (Å²) in [5, 5.41) is 2.44. The zero-order valence-corrected chi connectivity index (χ0v) is 9.30. The number of Topliss-reactive ketones (excluding diaryl/α,β-unsaturated/α-hetero) is 1. The van der Waals surface area contributed by atoms with Crippen LogP contribution in [-0.2, 0) is 23.9 Å². The van der Waals surface area contributed by atoms with E-state index in [1.165, 1.54) is 7.11 Å². The maximum Gasteiger partial charge on any atom is 0.444 e. The number of hydrogen-bond acceptors (Lipinski definition) is 5. The van der Waals surface area contributed by atoms with Crippen LogP contribution in [0.5, 0.6) is 0 Å². The highest BCUT2D eigenvalue weighted by Gasteiger charge is 2.44. The molecule has 0 bridgehead atoms. The molecule has 1 rings (SSSR count). The van der Waals surface area contributed by atoms with Crippen LogP contribution in [0.3, 0.4) is 0 Å². The number of carbonyl (C=O) groups excluding carboxylic acids is 3. The van der Waals surface area contributed by atoms with Gasteiger partial charge in [-0.25, -0.2) is 4.79 Å². The number of amides is 1. The topological polar surface area (TPSA) is 118 Å². The van der Waals surface area contributed by atoms with Gasteiger partial charge in [-0.15, -0.1) is 0 Å². The minimum absolute atomic E-state index is 0.115. The molecular formula is C9H11N3O5. The van der Waals surface area contributed by atoms with Crippen LogP contribution in [0.4, 0.5) is 0 Å². The molecule has 8 heteroatoms. The van der Waals surface area contributed by atoms with Crippen molar-refractivity contribution >= 4 is 23.4 Å². The predicted molar refractivity (Wildman–Crippen MR) is 53.0 cm³/mol. The maximum absolute atomic E-state index is 11.8. The number of rotatable bonds is 5. The molecule has 8 nitrogen and oxygen atoms in total. The third kappa shape index (κ3) is 2.55. The molecule has 1 saturated heterocycles. The lowest BCUT2D eigenvalue weighted by molar-refractivity contribution is -0.143. The molecule has 0 aromatic heterocycles. The van der Waals surface area contributed by atoms with Crippen LogP contribution in [0, 0.1) is 0 Å². The summed E-state index contributed by atoms with van der Waals surface area (Å²) < 4.78 is 9.16. The van der Waals surface area contributed by atoms with Gasteiger partial charge in [0, 0.05) is 13.5 Å². The standard InChI is InChI=1S/C9H11N3O5/c1-16-8(4-3-5(13)11-4)7(14)6(12-10)9(15)17-2/h4,8H,3H2,1-2H3,(H,11,13). The Morgan fingerprint density at radius 2 is 2.12 bits per heavy atom. The number of ether oxygens (including phenoxy) is 2. The molecule has 0 saturated carbocycles. The van der Waals surface area contributed by atoms with Crippen molar-refractivity contribution in [1.82, 2.24) is 5.32 Å². The number of hydrogen-bond donors (Lipinski definition) is 1. The zero-order chi connectivity index (χ0) is 13.0. The van der Waals surface area contributed by atoms with Crippen LogP contribution < -0.4 is 5.32 Å². The molecular weight excluding hydrogens is 230 g/mol. The minimum Gasteiger partial charge on any atom is -0.460 e. The van der Waals surface area contributed by atoms with Crippen molar-refractivity contribution in [1.29, 1.82) is 0 Å². The van der Waals surface area contributed by atoms with Gasteiger partial charge in [0.1, 0.15) is 6.10 Å². The number of β-lactam (4-membered cyclic amide) rings is 1. The quantitative estimate of drug-likeness (QED) is 0.154. The second-order valence-electron chi connectivity index (χ2n) is 3.34. The van der Waals surface area contributed by atoms with Gasteiger partial charge in [-0.2, -0.15) is 4.79 Å². The summed E-state index contributed by atoms with van der Waals surface area (Å²) >= 11 is 0. The van der Waals surface area contributed by atoms with Crippen molar-refractivity contribution in [3.05, 3.63) is 5.53 Å². The van der Waals surface area contributed by atoms with E-state index in [1.807, 2.05) is 0 Å². The molecule has 92 valence electrons. The number of nitrogens with zero attached hydrogens (tertiary/aromatic N) is 2. The van der Waals surface area contributed by atoms with Crippen molar-refractivity contribution in [3.8, 4) is 0 Å². The monoisotopic (exact) mass is 241 g/mol. The molecule has 2 unspecified atom stereocenters. The molecule has 1 aliphatic rings. The second-order valence-corrected chi connectivity index (χ2v) is 3.34. The lowest BCUT2D eigenvalue weighted by atomic mass is 9.95. The number of carbonyl (C=O) groups is 3. The number of nitrogens with one attached hydrogen (secondary N) is 1. The van der Waals surface area contributed by atoms with E-state index in [0.717, 1.165) is 7.11 Å². The normalized spacial score (nSPS) is 19.4. The highest BCUT2D eigenvalue weighted by molar-refractivity contribution is 6.63. The molecule has 0 aliphatic carbocycles. The van der Waals surface area contributed by atoms with E-state index >= 15 is 0 Å². The van der Waals surface area contributed by atoms with Crippen LogP contribution in [0.15, 0.2) is 0 Å². The van der Waals surface area contributed by atoms with Gasteiger partial charge in [-0.05, 0) is 0 Å². The smallest absolute Gasteiger partial charge is 0.444 e. The fraction of sp³-hybridized carbons (Fsp3) is 0.556. The summed E-state index contributed by atoms with van der Waals surface area (Å²) in [6.07, 6.45) is -0.956. The first-order valence-corrected chi connectivity index (χ1v) is 4.71. The number of esters is 1. The first-order chi connectivity index (χ1) is 8.04. The van der Waals surface area contributed by atoms with Crippen LogP contribution in [0.1, 0.15) is 6.42 Å².